The monoisotopic (exact) mass is 674 g/mol. The number of amides is 1. The number of nitrogens with one attached hydrogen (secondary N) is 1. The number of aryl methyl sites for hydroxylation is 2. The normalized spacial score (nSPS) is 16.0. The van der Waals surface area contributed by atoms with Gasteiger partial charge in [-0.1, -0.05) is 25.3 Å². The Labute approximate surface area is 282 Å². The van der Waals surface area contributed by atoms with Gasteiger partial charge in [-0.15, -0.1) is 0 Å². The summed E-state index contributed by atoms with van der Waals surface area (Å²) in [5.74, 6) is 0.402. The number of carbonyl (C=O) groups is 1. The van der Waals surface area contributed by atoms with Crippen LogP contribution in [-0.4, -0.2) is 52.7 Å². The molecule has 10 nitrogen and oxygen atoms in total. The second-order valence-electron chi connectivity index (χ2n) is 13.0. The fraction of sp³-hybridized carbons (Fsp3) is 0.459. The van der Waals surface area contributed by atoms with Crippen molar-refractivity contribution in [3.8, 4) is 17.0 Å². The third-order valence-corrected chi connectivity index (χ3v) is 11.5. The number of carbonyl (C=O) groups excluding carboxylic acids is 1. The molecule has 2 aromatic heterocycles. The molecule has 256 valence electrons. The van der Waals surface area contributed by atoms with E-state index in [1.54, 1.807) is 27.0 Å². The molecule has 0 saturated heterocycles. The molecule has 6 rings (SSSR count). The smallest absolute Gasteiger partial charge is 0.264 e. The number of aliphatic hydroxyl groups excluding tert-OH is 1. The number of hydrogen-bond acceptors (Lipinski definition) is 7. The molecule has 0 bridgehead atoms. The van der Waals surface area contributed by atoms with Gasteiger partial charge in [0.25, 0.3) is 5.91 Å². The lowest BCUT2D eigenvalue weighted by atomic mass is 9.81. The molecule has 1 fully saturated rings. The van der Waals surface area contributed by atoms with E-state index in [1.165, 1.54) is 12.0 Å². The van der Waals surface area contributed by atoms with E-state index >= 15 is 0 Å². The van der Waals surface area contributed by atoms with Crippen LogP contribution in [0.5, 0.6) is 5.75 Å². The minimum atomic E-state index is -3.82. The van der Waals surface area contributed by atoms with Gasteiger partial charge in [0.05, 0.1) is 41.5 Å². The van der Waals surface area contributed by atoms with Crippen molar-refractivity contribution in [1.29, 1.82) is 0 Å². The second kappa shape index (κ2) is 13.5. The van der Waals surface area contributed by atoms with E-state index in [4.69, 9.17) is 14.6 Å². The molecule has 1 unspecified atom stereocenters. The molecule has 1 aliphatic heterocycles. The van der Waals surface area contributed by atoms with Gasteiger partial charge in [-0.2, -0.15) is 5.10 Å². The number of fused-ring (bicyclic) bond motifs is 5. The van der Waals surface area contributed by atoms with Gasteiger partial charge in [0.2, 0.25) is 10.0 Å². The molecule has 2 aliphatic rings. The van der Waals surface area contributed by atoms with Crippen LogP contribution in [0.1, 0.15) is 110 Å². The highest BCUT2D eigenvalue weighted by Gasteiger charge is 2.32. The Hall–Kier alpha value is -3.93. The Morgan fingerprint density at radius 3 is 2.50 bits per heavy atom. The fourth-order valence-electron chi connectivity index (χ4n) is 7.33. The summed E-state index contributed by atoms with van der Waals surface area (Å²) in [7, 11) is -2.16. The molecule has 2 N–H and O–H groups in total. The number of aromatic nitrogens is 3. The van der Waals surface area contributed by atoms with Crippen LogP contribution in [0.2, 0.25) is 0 Å². The summed E-state index contributed by atoms with van der Waals surface area (Å²) in [6.07, 6.45) is 6.64. The van der Waals surface area contributed by atoms with Gasteiger partial charge in [-0.25, -0.2) is 13.1 Å². The molecule has 1 atom stereocenters. The molecule has 1 aliphatic carbocycles. The predicted octanol–water partition coefficient (Wildman–Crippen LogP) is 6.94. The van der Waals surface area contributed by atoms with Crippen LogP contribution >= 0.6 is 0 Å². The maximum Gasteiger partial charge on any atom is 0.264 e. The maximum absolute atomic E-state index is 13.4. The number of nitrogens with zero attached hydrogens (tertiary/aromatic N) is 3. The number of benzene rings is 2. The van der Waals surface area contributed by atoms with Crippen molar-refractivity contribution in [3.63, 3.8) is 0 Å². The highest BCUT2D eigenvalue weighted by molar-refractivity contribution is 7.90. The fourth-order valence-corrected chi connectivity index (χ4v) is 7.94. The van der Waals surface area contributed by atoms with Crippen LogP contribution in [0.15, 0.2) is 36.4 Å². The van der Waals surface area contributed by atoms with Gasteiger partial charge in [0.15, 0.2) is 6.29 Å². The van der Waals surface area contributed by atoms with Crippen LogP contribution in [0.3, 0.4) is 0 Å². The molecule has 2 aromatic carbocycles. The van der Waals surface area contributed by atoms with Crippen molar-refractivity contribution < 1.29 is 27.8 Å². The predicted molar refractivity (Wildman–Crippen MR) is 188 cm³/mol. The summed E-state index contributed by atoms with van der Waals surface area (Å²) in [6.45, 7) is 10.2. The lowest BCUT2D eigenvalue weighted by molar-refractivity contribution is -0.0985. The van der Waals surface area contributed by atoms with Crippen LogP contribution in [0.25, 0.3) is 33.8 Å². The largest absolute Gasteiger partial charge is 0.497 e. The Kier molecular flexibility index (Phi) is 9.57. The second-order valence-corrected chi connectivity index (χ2v) is 15.3. The van der Waals surface area contributed by atoms with E-state index in [0.29, 0.717) is 36.9 Å². The quantitative estimate of drug-likeness (QED) is 0.175. The van der Waals surface area contributed by atoms with Gasteiger partial charge in [-0.3, -0.25) is 9.48 Å². The van der Waals surface area contributed by atoms with Crippen molar-refractivity contribution in [1.82, 2.24) is 19.1 Å². The first-order valence-corrected chi connectivity index (χ1v) is 18.5. The van der Waals surface area contributed by atoms with Crippen molar-refractivity contribution >= 4 is 38.5 Å². The maximum atomic E-state index is 13.4. The summed E-state index contributed by atoms with van der Waals surface area (Å²) in [5.41, 5.74) is 8.50. The lowest BCUT2D eigenvalue weighted by Gasteiger charge is -2.24. The minimum Gasteiger partial charge on any atom is -0.497 e. The molecular weight excluding hydrogens is 628 g/mol. The molecule has 4 aromatic rings. The van der Waals surface area contributed by atoms with Crippen molar-refractivity contribution in [3.05, 3.63) is 70.0 Å². The molecular formula is C37H46N4O6S. The average molecular weight is 675 g/mol. The van der Waals surface area contributed by atoms with Gasteiger partial charge >= 0.3 is 0 Å². The number of methoxy groups -OCH3 is 1. The van der Waals surface area contributed by atoms with Crippen molar-refractivity contribution in [2.45, 2.75) is 97.3 Å². The number of allylic oxidation sites excluding steroid dienone is 1. The van der Waals surface area contributed by atoms with Gasteiger partial charge in [0, 0.05) is 35.2 Å². The zero-order valence-corrected chi connectivity index (χ0v) is 29.5. The molecule has 0 radical (unpaired) electrons. The number of aliphatic hydroxyl groups is 1. The highest BCUT2D eigenvalue weighted by atomic mass is 32.2. The Bertz CT molecular complexity index is 2000. The molecule has 1 saturated carbocycles. The first kappa shape index (κ1) is 34.0. The molecule has 3 heterocycles. The topological polar surface area (TPSA) is 125 Å². The van der Waals surface area contributed by atoms with E-state index < -0.39 is 27.5 Å². The van der Waals surface area contributed by atoms with Crippen LogP contribution < -0.4 is 9.46 Å². The molecule has 0 spiro atoms. The number of hydrogen-bond donors (Lipinski definition) is 2. The van der Waals surface area contributed by atoms with Crippen LogP contribution in [0, 0.1) is 6.92 Å². The first-order valence-electron chi connectivity index (χ1n) is 17.0. The van der Waals surface area contributed by atoms with Gasteiger partial charge in [0.1, 0.15) is 5.75 Å². The van der Waals surface area contributed by atoms with E-state index in [-0.39, 0.29) is 5.56 Å². The Balaban J connectivity index is 1.64. The summed E-state index contributed by atoms with van der Waals surface area (Å²) in [6, 6.07) is 11.7. The van der Waals surface area contributed by atoms with Gasteiger partial charge in [-0.05, 0) is 106 Å². The lowest BCUT2D eigenvalue weighted by Crippen LogP contribution is -2.35. The first-order chi connectivity index (χ1) is 23.0. The third-order valence-electron chi connectivity index (χ3n) is 9.76. The summed E-state index contributed by atoms with van der Waals surface area (Å²) in [5, 5.41) is 16.3. The standard InChI is InChI=1S/C37H46N4O6S/c1-7-41-34(32(23(5)38-41)37(43)47-8-2)27-18-26-19-28(46-6)15-17-29(26)35-33(24-12-10-9-11-13-24)30-16-14-25(20-31(30)40(35)21-27)36(42)39-48(44,45)22(3)4/h14-20,22,24,37,43H,7-13,21H2,1-6H3,(H,39,42). The number of sulfonamides is 1. The molecule has 11 heteroatoms. The zero-order chi connectivity index (χ0) is 34.3. The van der Waals surface area contributed by atoms with Crippen LogP contribution in [-0.2, 0) is 27.8 Å². The summed E-state index contributed by atoms with van der Waals surface area (Å²) < 4.78 is 43.1. The molecule has 48 heavy (non-hydrogen) atoms. The third kappa shape index (κ3) is 6.08. The highest BCUT2D eigenvalue weighted by Crippen LogP contribution is 2.48. The zero-order valence-electron chi connectivity index (χ0n) is 28.7. The summed E-state index contributed by atoms with van der Waals surface area (Å²) in [4.78, 5) is 13.4. The SMILES string of the molecule is CCOC(O)c1c(C)nn(CC)c1C1=Cc2cc(OC)ccc2-c2c(C3CCCCC3)c3ccc(C(=O)NS(=O)(=O)C(C)C)cc3n2C1. The number of ether oxygens (including phenoxy) is 2. The van der Waals surface area contributed by atoms with E-state index in [1.807, 2.05) is 49.7 Å². The van der Waals surface area contributed by atoms with E-state index in [2.05, 4.69) is 21.4 Å². The van der Waals surface area contributed by atoms with Crippen molar-refractivity contribution in [2.24, 2.45) is 0 Å². The van der Waals surface area contributed by atoms with E-state index in [9.17, 15) is 18.3 Å². The Morgan fingerprint density at radius 1 is 1.08 bits per heavy atom. The Morgan fingerprint density at radius 2 is 1.83 bits per heavy atom. The van der Waals surface area contributed by atoms with Gasteiger partial charge < -0.3 is 19.1 Å². The van der Waals surface area contributed by atoms with Crippen LogP contribution in [0.4, 0.5) is 0 Å². The number of rotatable bonds is 10. The molecule has 1 amide bonds. The van der Waals surface area contributed by atoms with E-state index in [0.717, 1.165) is 70.4 Å². The average Bonchev–Trinajstić information content (AvgIpc) is 3.52. The summed E-state index contributed by atoms with van der Waals surface area (Å²) >= 11 is 0. The minimum absolute atomic E-state index is 0.272. The van der Waals surface area contributed by atoms with Crippen molar-refractivity contribution in [2.75, 3.05) is 13.7 Å².